The summed E-state index contributed by atoms with van der Waals surface area (Å²) in [6.07, 6.45) is 2.67. The largest absolute Gasteiger partial charge is 0.363 e. The third-order valence-electron chi connectivity index (χ3n) is 14.0. The molecule has 1 unspecified atom stereocenters. The van der Waals surface area contributed by atoms with Gasteiger partial charge >= 0.3 is 0 Å². The number of nitrogens with zero attached hydrogens (tertiary/aromatic N) is 2. The van der Waals surface area contributed by atoms with Crippen LogP contribution in [0.1, 0.15) is 115 Å². The number of fused-ring (bicyclic) bond motifs is 2. The zero-order valence-corrected chi connectivity index (χ0v) is 41.6. The zero-order chi connectivity index (χ0) is 49.5. The molecule has 68 heavy (non-hydrogen) atoms. The van der Waals surface area contributed by atoms with Crippen molar-refractivity contribution in [2.75, 3.05) is 40.4 Å². The van der Waals surface area contributed by atoms with Crippen molar-refractivity contribution in [3.05, 3.63) is 70.8 Å². The fraction of sp³-hybridized carbons (Fsp3) is 0.615. The Morgan fingerprint density at radius 2 is 0.985 bits per heavy atom. The lowest BCUT2D eigenvalue weighted by molar-refractivity contribution is -0.144. The maximum Gasteiger partial charge on any atom is 0.246 e. The molecule has 0 saturated carbocycles. The highest BCUT2D eigenvalue weighted by Gasteiger charge is 2.46. The first-order chi connectivity index (χ1) is 32.2. The van der Waals surface area contributed by atoms with E-state index in [4.69, 9.17) is 9.47 Å². The minimum Gasteiger partial charge on any atom is -0.363 e. The molecule has 0 aromatic heterocycles. The van der Waals surface area contributed by atoms with Crippen molar-refractivity contribution in [2.24, 2.45) is 10.8 Å². The maximum absolute atomic E-state index is 14.1. The molecule has 6 N–H and O–H groups in total. The summed E-state index contributed by atoms with van der Waals surface area (Å²) in [5, 5.41) is 18.2. The number of hydrogen-bond donors (Lipinski definition) is 6. The van der Waals surface area contributed by atoms with E-state index in [1.54, 1.807) is 37.7 Å². The second-order valence-electron chi connectivity index (χ2n) is 20.8. The lowest BCUT2D eigenvalue weighted by atomic mass is 9.85. The summed E-state index contributed by atoms with van der Waals surface area (Å²) in [5.74, 6) is 4.52. The van der Waals surface area contributed by atoms with Gasteiger partial charge in [-0.3, -0.25) is 28.8 Å². The molecular formula is C52H74N8O8. The fourth-order valence-electron chi connectivity index (χ4n) is 9.70. The predicted octanol–water partition coefficient (Wildman–Crippen LogP) is 2.85. The summed E-state index contributed by atoms with van der Waals surface area (Å²) in [7, 11) is 3.38. The molecule has 2 heterocycles. The number of likely N-dealkylation sites (N-methyl/N-ethyl adjacent to an activating group) is 2. The molecule has 2 aromatic rings. The number of carbonyl (C=O) groups is 6. The van der Waals surface area contributed by atoms with Crippen LogP contribution in [0.3, 0.4) is 0 Å². The van der Waals surface area contributed by atoms with Gasteiger partial charge in [0.05, 0.1) is 36.4 Å². The van der Waals surface area contributed by atoms with Gasteiger partial charge in [-0.2, -0.15) is 0 Å². The number of rotatable bonds is 16. The van der Waals surface area contributed by atoms with Crippen LogP contribution in [0, 0.1) is 22.7 Å². The van der Waals surface area contributed by atoms with Gasteiger partial charge in [-0.05, 0) is 86.7 Å². The summed E-state index contributed by atoms with van der Waals surface area (Å²) in [6, 6.07) is 10.9. The number of likely N-dealkylation sites (tertiary alicyclic amines) is 2. The standard InChI is InChI=1S/C52H74N8O8/c1-31(53-9)45(61)57-43(51(3,4)5)49(65)59-25-17-23-37(59)47(63)55-41-35-21-13-11-19-33(35)29-39(41)67-27-15-16-28-68-40-30-34-20-12-14-22-36(34)42(40)56-48(64)38-24-18-26-60(38)50(66)44(52(6,7)8)58-46(62)32(2)54-10/h11-14,19-22,31-32,37-44,53-54H,17-18,23-30H2,1-10H3,(H,55,63)(H,56,64)(H,57,61)(H,58,62)/t31-,32-,37-,38?,39+,40+,41-,42-,43+,44+/m0/s1. The molecule has 0 radical (unpaired) electrons. The second-order valence-corrected chi connectivity index (χ2v) is 20.8. The van der Waals surface area contributed by atoms with E-state index in [2.05, 4.69) is 43.7 Å². The van der Waals surface area contributed by atoms with Crippen molar-refractivity contribution < 1.29 is 38.2 Å². The Labute approximate surface area is 402 Å². The van der Waals surface area contributed by atoms with Crippen LogP contribution >= 0.6 is 0 Å². The van der Waals surface area contributed by atoms with Gasteiger partial charge in [-0.25, -0.2) is 0 Å². The molecule has 6 amide bonds. The van der Waals surface area contributed by atoms with Gasteiger partial charge < -0.3 is 51.2 Å². The number of ether oxygens (including phenoxy) is 2. The van der Waals surface area contributed by atoms with Crippen LogP contribution < -0.4 is 31.9 Å². The van der Waals surface area contributed by atoms with Gasteiger partial charge in [-0.15, -0.1) is 0 Å². The third-order valence-corrected chi connectivity index (χ3v) is 14.0. The van der Waals surface area contributed by atoms with Crippen LogP contribution in [0.4, 0.5) is 0 Å². The molecule has 16 heteroatoms. The lowest BCUT2D eigenvalue weighted by Crippen LogP contribution is -2.59. The Morgan fingerprint density at radius 1 is 0.618 bits per heavy atom. The average Bonchev–Trinajstić information content (AvgIpc) is 4.13. The molecule has 2 aliphatic carbocycles. The first kappa shape index (κ1) is 52.0. The zero-order valence-electron chi connectivity index (χ0n) is 41.6. The van der Waals surface area contributed by atoms with Gasteiger partial charge in [0.1, 0.15) is 37.4 Å². The van der Waals surface area contributed by atoms with Crippen molar-refractivity contribution >= 4 is 35.4 Å². The molecule has 2 aliphatic heterocycles. The number of nitrogens with one attached hydrogen (secondary N) is 6. The summed E-state index contributed by atoms with van der Waals surface area (Å²) in [4.78, 5) is 85.5. The fourth-order valence-corrected chi connectivity index (χ4v) is 9.70. The van der Waals surface area contributed by atoms with Crippen LogP contribution in [0.2, 0.25) is 0 Å². The maximum atomic E-state index is 14.1. The van der Waals surface area contributed by atoms with Crippen LogP contribution in [0.15, 0.2) is 48.5 Å². The Balaban J connectivity index is 1.07. The molecule has 2 aromatic carbocycles. The summed E-state index contributed by atoms with van der Waals surface area (Å²) in [5.41, 5.74) is 2.85. The van der Waals surface area contributed by atoms with Crippen LogP contribution in [0.5, 0.6) is 0 Å². The second kappa shape index (κ2) is 22.4. The third kappa shape index (κ3) is 12.1. The van der Waals surface area contributed by atoms with Crippen LogP contribution in [-0.2, 0) is 51.1 Å². The quantitative estimate of drug-likeness (QED) is 0.136. The van der Waals surface area contributed by atoms with Crippen molar-refractivity contribution in [2.45, 2.75) is 154 Å². The SMILES string of the molecule is CN[C@@H](C)C(=O)N[C@H](C(=O)N1CCCC1C(=O)N[C@H]1c2ccccc2C[C@H]1OCC#CCO[C@@H]1Cc2ccccc2[C@@H]1NC(=O)[C@@H]1CCCN1C(=O)[C@@H](NC(=O)[C@H](C)NC)C(C)(C)C)C(C)(C)C. The molecule has 0 bridgehead atoms. The van der Waals surface area contributed by atoms with Gasteiger partial charge in [0, 0.05) is 25.9 Å². The van der Waals surface area contributed by atoms with E-state index in [0.29, 0.717) is 51.6 Å². The molecule has 2 saturated heterocycles. The van der Waals surface area contributed by atoms with Crippen LogP contribution in [0.25, 0.3) is 0 Å². The predicted molar refractivity (Wildman–Crippen MR) is 259 cm³/mol. The van der Waals surface area contributed by atoms with Crippen molar-refractivity contribution in [3.63, 3.8) is 0 Å². The van der Waals surface area contributed by atoms with Gasteiger partial charge in [-0.1, -0.05) is 102 Å². The van der Waals surface area contributed by atoms with E-state index in [1.807, 2.05) is 90.1 Å². The van der Waals surface area contributed by atoms with Gasteiger partial charge in [0.2, 0.25) is 35.4 Å². The van der Waals surface area contributed by atoms with Gasteiger partial charge in [0.25, 0.3) is 0 Å². The Hall–Kier alpha value is -5.34. The molecular weight excluding hydrogens is 865 g/mol. The Morgan fingerprint density at radius 3 is 1.34 bits per heavy atom. The summed E-state index contributed by atoms with van der Waals surface area (Å²) in [6.45, 7) is 15.9. The number of benzene rings is 2. The number of amides is 6. The van der Waals surface area contributed by atoms with Crippen molar-refractivity contribution in [3.8, 4) is 11.8 Å². The smallest absolute Gasteiger partial charge is 0.246 e. The first-order valence-corrected chi connectivity index (χ1v) is 24.3. The van der Waals surface area contributed by atoms with E-state index in [9.17, 15) is 28.8 Å². The van der Waals surface area contributed by atoms with E-state index >= 15 is 0 Å². The highest BCUT2D eigenvalue weighted by Crippen LogP contribution is 2.36. The highest BCUT2D eigenvalue weighted by atomic mass is 16.5. The van der Waals surface area contributed by atoms with E-state index in [0.717, 1.165) is 22.3 Å². The molecule has 2 fully saturated rings. The summed E-state index contributed by atoms with van der Waals surface area (Å²) < 4.78 is 12.7. The van der Waals surface area contributed by atoms with Gasteiger partial charge in [0.15, 0.2) is 0 Å². The lowest BCUT2D eigenvalue weighted by Gasteiger charge is -2.36. The van der Waals surface area contributed by atoms with E-state index in [-0.39, 0.29) is 48.7 Å². The topological polar surface area (TPSA) is 200 Å². The Kier molecular flexibility index (Phi) is 17.1. The van der Waals surface area contributed by atoms with Crippen molar-refractivity contribution in [1.82, 2.24) is 41.7 Å². The normalized spacial score (nSPS) is 23.9. The summed E-state index contributed by atoms with van der Waals surface area (Å²) >= 11 is 0. The Bertz CT molecular complexity index is 2080. The van der Waals surface area contributed by atoms with Crippen molar-refractivity contribution in [1.29, 1.82) is 0 Å². The average molecular weight is 939 g/mol. The van der Waals surface area contributed by atoms with E-state index in [1.165, 1.54) is 0 Å². The molecule has 10 atom stereocenters. The molecule has 16 nitrogen and oxygen atoms in total. The highest BCUT2D eigenvalue weighted by molar-refractivity contribution is 5.95. The number of carbonyl (C=O) groups excluding carboxylic acids is 6. The minimum absolute atomic E-state index is 0.0842. The molecule has 4 aliphatic rings. The molecule has 0 spiro atoms. The monoisotopic (exact) mass is 939 g/mol. The minimum atomic E-state index is -0.819. The molecule has 6 rings (SSSR count). The van der Waals surface area contributed by atoms with E-state index < -0.39 is 71.4 Å². The number of hydrogen-bond acceptors (Lipinski definition) is 10. The first-order valence-electron chi connectivity index (χ1n) is 24.3. The molecule has 370 valence electrons. The van der Waals surface area contributed by atoms with Crippen LogP contribution in [-0.4, -0.2) is 134 Å².